The molecule has 2 saturated heterocycles. The van der Waals surface area contributed by atoms with E-state index >= 15 is 0 Å². The average Bonchev–Trinajstić information content (AvgIpc) is 2.81. The fourth-order valence-electron chi connectivity index (χ4n) is 3.63. The van der Waals surface area contributed by atoms with Crippen molar-refractivity contribution in [3.63, 3.8) is 0 Å². The third kappa shape index (κ3) is 4.13. The van der Waals surface area contributed by atoms with Crippen LogP contribution in [0, 0.1) is 0 Å². The summed E-state index contributed by atoms with van der Waals surface area (Å²) >= 11 is 1.46. The fraction of sp³-hybridized carbons (Fsp3) is 0.684. The summed E-state index contributed by atoms with van der Waals surface area (Å²) in [5.74, 6) is 0. The lowest BCUT2D eigenvalue weighted by Crippen LogP contribution is -2.60. The van der Waals surface area contributed by atoms with Crippen molar-refractivity contribution in [3.8, 4) is 0 Å². The van der Waals surface area contributed by atoms with E-state index in [1.165, 1.54) is 11.8 Å². The molecule has 27 heavy (non-hydrogen) atoms. The van der Waals surface area contributed by atoms with Crippen LogP contribution in [0.3, 0.4) is 0 Å². The van der Waals surface area contributed by atoms with Crippen LogP contribution >= 0.6 is 11.8 Å². The van der Waals surface area contributed by atoms with E-state index in [1.807, 2.05) is 30.3 Å². The van der Waals surface area contributed by atoms with Crippen molar-refractivity contribution in [2.75, 3.05) is 6.61 Å². The molecule has 2 fully saturated rings. The van der Waals surface area contributed by atoms with Gasteiger partial charge in [-0.2, -0.15) is 0 Å². The summed E-state index contributed by atoms with van der Waals surface area (Å²) in [5, 5.41) is 10.2. The van der Waals surface area contributed by atoms with Crippen molar-refractivity contribution in [1.82, 2.24) is 0 Å². The van der Waals surface area contributed by atoms with Crippen LogP contribution in [-0.2, 0) is 23.7 Å². The number of aliphatic hydroxyl groups is 1. The molecule has 0 radical (unpaired) electrons. The minimum absolute atomic E-state index is 0.178. The number of thioether (sulfide) groups is 1. The summed E-state index contributed by atoms with van der Waals surface area (Å²) in [6.45, 7) is 12.5. The molecule has 1 N–H and O–H groups in total. The van der Waals surface area contributed by atoms with Crippen LogP contribution < -0.4 is 0 Å². The quantitative estimate of drug-likeness (QED) is 0.575. The first-order chi connectivity index (χ1) is 12.6. The molecule has 0 unspecified atom stereocenters. The van der Waals surface area contributed by atoms with E-state index in [9.17, 15) is 5.11 Å². The summed E-state index contributed by atoms with van der Waals surface area (Å²) in [6, 6.07) is 9.83. The van der Waals surface area contributed by atoms with E-state index < -0.39 is 32.3 Å². The number of hydrogen-bond donors (Lipinski definition) is 1. The highest BCUT2D eigenvalue weighted by Gasteiger charge is 2.63. The maximum absolute atomic E-state index is 10.8. The highest BCUT2D eigenvalue weighted by atomic mass is 32.2. The average molecular weight is 415 g/mol. The molecular weight excluding hydrogens is 384 g/mol. The van der Waals surface area contributed by atoms with Crippen LogP contribution in [0.25, 0.3) is 0 Å². The summed E-state index contributed by atoms with van der Waals surface area (Å²) in [5.41, 5.74) is -0.465. The van der Waals surface area contributed by atoms with E-state index in [0.29, 0.717) is 0 Å². The third-order valence-electron chi connectivity index (χ3n) is 4.95. The zero-order chi connectivity index (χ0) is 19.9. The minimum Gasteiger partial charge on any atom is -0.387 e. The van der Waals surface area contributed by atoms with Gasteiger partial charge in [-0.25, -0.2) is 18.9 Å². The van der Waals surface area contributed by atoms with Gasteiger partial charge in [0.15, 0.2) is 0 Å². The van der Waals surface area contributed by atoms with E-state index in [1.54, 1.807) is 0 Å². The van der Waals surface area contributed by atoms with Gasteiger partial charge in [0, 0.05) is 15.0 Å². The van der Waals surface area contributed by atoms with Gasteiger partial charge < -0.3 is 9.84 Å². The Morgan fingerprint density at radius 3 is 2.22 bits per heavy atom. The van der Waals surface area contributed by atoms with E-state index in [2.05, 4.69) is 41.5 Å². The highest BCUT2D eigenvalue weighted by molar-refractivity contribution is 7.99. The topological polar surface area (TPSA) is 66.4 Å². The summed E-state index contributed by atoms with van der Waals surface area (Å²) in [7, 11) is -2.97. The van der Waals surface area contributed by atoms with Crippen LogP contribution in [0.2, 0.25) is 10.1 Å². The molecular formula is C19H30O6SSi. The van der Waals surface area contributed by atoms with Crippen LogP contribution in [0.1, 0.15) is 41.5 Å². The molecule has 0 aromatic heterocycles. The second kappa shape index (κ2) is 7.76. The van der Waals surface area contributed by atoms with Gasteiger partial charge in [-0.15, -0.1) is 0 Å². The number of ether oxygens (including phenoxy) is 1. The largest absolute Gasteiger partial charge is 0.419 e. The van der Waals surface area contributed by atoms with Gasteiger partial charge in [0.05, 0.1) is 0 Å². The van der Waals surface area contributed by atoms with Crippen molar-refractivity contribution in [1.29, 1.82) is 0 Å². The molecule has 1 aromatic carbocycles. The number of fused-ring (bicyclic) bond motifs is 1. The monoisotopic (exact) mass is 414 g/mol. The zero-order valence-electron chi connectivity index (χ0n) is 16.8. The summed E-state index contributed by atoms with van der Waals surface area (Å²) < 4.78 is 17.9. The first-order valence-electron chi connectivity index (χ1n) is 9.25. The normalized spacial score (nSPS) is 31.8. The van der Waals surface area contributed by atoms with Crippen LogP contribution in [0.4, 0.5) is 0 Å². The predicted molar refractivity (Wildman–Crippen MR) is 105 cm³/mol. The highest BCUT2D eigenvalue weighted by Crippen LogP contribution is 2.53. The number of rotatable bonds is 2. The lowest BCUT2D eigenvalue weighted by atomic mass is 10.1. The van der Waals surface area contributed by atoms with Crippen molar-refractivity contribution in [3.05, 3.63) is 30.3 Å². The smallest absolute Gasteiger partial charge is 0.387 e. The Balaban J connectivity index is 1.77. The van der Waals surface area contributed by atoms with Crippen molar-refractivity contribution < 1.29 is 28.8 Å². The Morgan fingerprint density at radius 2 is 1.63 bits per heavy atom. The molecule has 0 amide bonds. The molecule has 6 nitrogen and oxygen atoms in total. The van der Waals surface area contributed by atoms with Crippen LogP contribution in [0.15, 0.2) is 35.2 Å². The lowest BCUT2D eigenvalue weighted by molar-refractivity contribution is -0.360. The third-order valence-corrected chi connectivity index (χ3v) is 10.7. The Hall–Kier alpha value is -0.453. The van der Waals surface area contributed by atoms with E-state index in [0.717, 1.165) is 4.90 Å². The molecule has 152 valence electrons. The molecule has 2 heterocycles. The Kier molecular flexibility index (Phi) is 6.11. The second-order valence-corrected chi connectivity index (χ2v) is 14.8. The zero-order valence-corrected chi connectivity index (χ0v) is 18.6. The van der Waals surface area contributed by atoms with Gasteiger partial charge in [0.2, 0.25) is 0 Å². The minimum atomic E-state index is -2.97. The lowest BCUT2D eigenvalue weighted by Gasteiger charge is -2.47. The van der Waals surface area contributed by atoms with E-state index in [-0.39, 0.29) is 16.7 Å². The standard InChI is InChI=1S/C19H30O6SSi/c1-18(2,3)27(19(4,5)6)24-21-12-14-16(23-25-27)15(20)17(22-14)26-13-10-8-7-9-11-13/h7-11,14-17,20H,12H2,1-6H3/t14-,15+,16-,17-/m1/s1. The van der Waals surface area contributed by atoms with Crippen molar-refractivity contribution in [2.45, 2.75) is 80.3 Å². The first-order valence-corrected chi connectivity index (χ1v) is 12.0. The van der Waals surface area contributed by atoms with Crippen LogP contribution in [-0.4, -0.2) is 44.0 Å². The van der Waals surface area contributed by atoms with Gasteiger partial charge >= 0.3 is 8.56 Å². The number of hydrogen-bond acceptors (Lipinski definition) is 7. The first kappa shape index (κ1) is 21.3. The molecule has 2 aliphatic rings. The molecule has 0 bridgehead atoms. The summed E-state index contributed by atoms with van der Waals surface area (Å²) in [6.07, 6.45) is -1.94. The van der Waals surface area contributed by atoms with Gasteiger partial charge in [0.1, 0.15) is 30.4 Å². The number of aliphatic hydroxyl groups excluding tert-OH is 1. The Labute approximate surface area is 166 Å². The maximum atomic E-state index is 10.8. The SMILES string of the molecule is CC(C)(C)[Si]1(C(C)(C)C)OOC[C@H]2O[C@H](Sc3ccccc3)[C@@H](O)[C@@H]2OO1. The molecule has 0 aliphatic carbocycles. The van der Waals surface area contributed by atoms with Gasteiger partial charge in [-0.1, -0.05) is 71.5 Å². The van der Waals surface area contributed by atoms with Crippen molar-refractivity contribution in [2.24, 2.45) is 0 Å². The second-order valence-electron chi connectivity index (χ2n) is 9.09. The number of benzene rings is 1. The molecule has 1 aromatic rings. The van der Waals surface area contributed by atoms with Crippen LogP contribution in [0.5, 0.6) is 0 Å². The molecule has 0 spiro atoms. The van der Waals surface area contributed by atoms with Crippen molar-refractivity contribution >= 4 is 20.3 Å². The molecule has 3 rings (SSSR count). The predicted octanol–water partition coefficient (Wildman–Crippen LogP) is 4.19. The molecule has 8 heteroatoms. The fourth-order valence-corrected chi connectivity index (χ4v) is 8.47. The van der Waals surface area contributed by atoms with Gasteiger partial charge in [0.25, 0.3) is 0 Å². The summed E-state index contributed by atoms with van der Waals surface area (Å²) in [4.78, 5) is 12.5. The molecule has 4 atom stereocenters. The van der Waals surface area contributed by atoms with Gasteiger partial charge in [-0.05, 0) is 12.1 Å². The Bertz CT molecular complexity index is 615. The maximum Gasteiger partial charge on any atom is 0.419 e. The molecule has 0 saturated carbocycles. The Morgan fingerprint density at radius 1 is 1.00 bits per heavy atom. The van der Waals surface area contributed by atoms with Gasteiger partial charge in [-0.3, -0.25) is 0 Å². The molecule has 2 aliphatic heterocycles. The van der Waals surface area contributed by atoms with E-state index in [4.69, 9.17) is 23.7 Å².